The van der Waals surface area contributed by atoms with E-state index in [0.29, 0.717) is 45.4 Å². The van der Waals surface area contributed by atoms with Crippen LogP contribution < -0.4 is 5.32 Å². The van der Waals surface area contributed by atoms with Crippen LogP contribution in [-0.4, -0.2) is 155 Å². The SMILES string of the molecule is CC(C)(C)OC(=O)N/C=C(/[B]O)C=N.CCCC.Clc1ccc2ncn(Cc3ccc4ncccc4c3)c2n1.Cn1ccc(-c2ccc3ncn(Cc4ccc5ncccc5c4)c3n2)n1.O.OCCn1ccc(-c2ccc3ncn(Cc4ccc5ncccc5c4)c3n2)n1.c1cnc2ccc(Cn3cnc4ccc(-c5ccn[nH]5)nc43)cc2c1. The molecule has 19 aromatic rings. The summed E-state index contributed by atoms with van der Waals surface area (Å²) in [5.41, 5.74) is 20.1. The number of carbonyl (C=O) groups excluding carboxylic acids is 1. The number of fused-ring (bicyclic) bond motifs is 8. The van der Waals surface area contributed by atoms with Crippen molar-refractivity contribution in [3.05, 3.63) is 296 Å². The molecule has 0 spiro atoms. The first-order valence-corrected chi connectivity index (χ1v) is 38.5. The summed E-state index contributed by atoms with van der Waals surface area (Å²) in [6, 6.07) is 62.4. The molecule has 0 bridgehead atoms. The summed E-state index contributed by atoms with van der Waals surface area (Å²) >= 11 is 5.97. The van der Waals surface area contributed by atoms with Crippen molar-refractivity contribution in [2.24, 2.45) is 7.05 Å². The highest BCUT2D eigenvalue weighted by Gasteiger charge is 2.17. The van der Waals surface area contributed by atoms with Gasteiger partial charge in [0.05, 0.1) is 109 Å². The normalized spacial score (nSPS) is 11.2. The number of hydrogen-bond acceptors (Lipinski definition) is 20. The number of aliphatic hydroxyl groups excluding tert-OH is 1. The number of ether oxygens (including phenoxy) is 1. The summed E-state index contributed by atoms with van der Waals surface area (Å²) in [5, 5.41) is 47.5. The first-order chi connectivity index (χ1) is 57.5. The maximum Gasteiger partial charge on any atom is 0.411 e. The van der Waals surface area contributed by atoms with Crippen LogP contribution in [0.25, 0.3) is 122 Å². The Morgan fingerprint density at radius 3 is 1.27 bits per heavy atom. The number of aliphatic hydroxyl groups is 1. The highest BCUT2D eigenvalue weighted by molar-refractivity contribution is 6.44. The van der Waals surface area contributed by atoms with Gasteiger partial charge in [-0.3, -0.25) is 39.7 Å². The van der Waals surface area contributed by atoms with Crippen LogP contribution >= 0.6 is 11.6 Å². The molecule has 0 atom stereocenters. The van der Waals surface area contributed by atoms with E-state index < -0.39 is 11.7 Å². The molecule has 15 heterocycles. The number of nitrogens with one attached hydrogen (secondary N) is 3. The number of hydrogen-bond donors (Lipinski definition) is 5. The van der Waals surface area contributed by atoms with Crippen molar-refractivity contribution in [2.75, 3.05) is 6.61 Å². The van der Waals surface area contributed by atoms with Gasteiger partial charge in [-0.1, -0.05) is 86.8 Å². The summed E-state index contributed by atoms with van der Waals surface area (Å²) in [5.74, 6) is 0. The number of aryl methyl sites for hydroxylation is 1. The predicted molar refractivity (Wildman–Crippen MR) is 465 cm³/mol. The number of aromatic nitrogens is 22. The number of alkyl carbamates (subject to hydrolysis) is 1. The average Bonchev–Trinajstić information content (AvgIpc) is 1.69. The topological polar surface area (TPSA) is 373 Å². The van der Waals surface area contributed by atoms with Gasteiger partial charge in [-0.15, -0.1) is 0 Å². The van der Waals surface area contributed by atoms with Crippen molar-refractivity contribution in [3.63, 3.8) is 0 Å². The number of rotatable bonds is 17. The van der Waals surface area contributed by atoms with Crippen molar-refractivity contribution in [2.45, 2.75) is 85.8 Å². The molecule has 0 unspecified atom stereocenters. The molecular weight excluding hydrogens is 1520 g/mol. The lowest BCUT2D eigenvalue weighted by Crippen LogP contribution is -2.30. The van der Waals surface area contributed by atoms with E-state index in [0.717, 1.165) is 129 Å². The molecule has 0 aliphatic rings. The number of pyridine rings is 8. The third-order valence-electron chi connectivity index (χ3n) is 18.5. The second-order valence-corrected chi connectivity index (χ2v) is 28.7. The zero-order valence-electron chi connectivity index (χ0n) is 66.1. The van der Waals surface area contributed by atoms with E-state index in [1.54, 1.807) is 61.1 Å². The van der Waals surface area contributed by atoms with Crippen molar-refractivity contribution < 1.29 is 25.1 Å². The summed E-state index contributed by atoms with van der Waals surface area (Å²) in [6.45, 7) is 12.9. The van der Waals surface area contributed by atoms with Crippen LogP contribution in [0.2, 0.25) is 5.15 Å². The minimum atomic E-state index is -0.626. The van der Waals surface area contributed by atoms with Crippen molar-refractivity contribution in [3.8, 4) is 34.2 Å². The zero-order chi connectivity index (χ0) is 81.9. The Morgan fingerprint density at radius 2 is 0.891 bits per heavy atom. The number of unbranched alkanes of at least 4 members (excludes halogenated alkanes) is 1. The third-order valence-corrected chi connectivity index (χ3v) is 18.7. The van der Waals surface area contributed by atoms with E-state index in [9.17, 15) is 4.79 Å². The molecule has 31 heteroatoms. The van der Waals surface area contributed by atoms with Gasteiger partial charge in [-0.25, -0.2) is 44.7 Å². The largest absolute Gasteiger partial charge is 0.450 e. The Hall–Kier alpha value is -14.5. The van der Waals surface area contributed by atoms with Crippen LogP contribution in [0.15, 0.2) is 268 Å². The van der Waals surface area contributed by atoms with Gasteiger partial charge in [0.15, 0.2) is 22.6 Å². The maximum absolute atomic E-state index is 11.0. The lowest BCUT2D eigenvalue weighted by molar-refractivity contribution is 0.0552. The smallest absolute Gasteiger partial charge is 0.411 e. The second kappa shape index (κ2) is 38.8. The molecule has 1 amide bonds. The number of benzene rings is 4. The first kappa shape index (κ1) is 82.5. The molecule has 19 rings (SSSR count). The number of allylic oxidation sites excluding steroid dienone is 1. The minimum absolute atomic E-state index is 0. The highest BCUT2D eigenvalue weighted by atomic mass is 35.5. The number of carbonyl (C=O) groups is 1. The number of amides is 1. The van der Waals surface area contributed by atoms with Gasteiger partial charge in [-0.2, -0.15) is 15.3 Å². The van der Waals surface area contributed by atoms with Crippen LogP contribution in [0, 0.1) is 5.41 Å². The van der Waals surface area contributed by atoms with Gasteiger partial charge in [0.2, 0.25) is 0 Å². The molecule has 0 saturated carbocycles. The molecule has 29 nitrogen and oxygen atoms in total. The Balaban J connectivity index is 0.000000129. The number of H-pyrrole nitrogens is 1. The fraction of sp³-hybridized carbons (Fsp3) is 0.170. The molecule has 0 aliphatic carbocycles. The molecule has 0 saturated heterocycles. The van der Waals surface area contributed by atoms with Gasteiger partial charge >= 0.3 is 13.6 Å². The Kier molecular flexibility index (Phi) is 26.9. The summed E-state index contributed by atoms with van der Waals surface area (Å²) in [7, 11) is 2.62. The van der Waals surface area contributed by atoms with Crippen LogP contribution in [0.4, 0.5) is 4.79 Å². The van der Waals surface area contributed by atoms with E-state index in [4.69, 9.17) is 46.8 Å². The van der Waals surface area contributed by atoms with Crippen molar-refractivity contribution in [1.29, 1.82) is 5.41 Å². The Labute approximate surface area is 689 Å². The van der Waals surface area contributed by atoms with E-state index in [1.807, 2.05) is 163 Å². The van der Waals surface area contributed by atoms with E-state index in [-0.39, 0.29) is 17.6 Å². The molecule has 119 heavy (non-hydrogen) atoms. The second-order valence-electron chi connectivity index (χ2n) is 28.3. The number of imidazole rings is 4. The van der Waals surface area contributed by atoms with Crippen molar-refractivity contribution in [1.82, 2.24) is 113 Å². The van der Waals surface area contributed by atoms with Crippen molar-refractivity contribution >= 4 is 120 Å². The molecule has 597 valence electrons. The van der Waals surface area contributed by atoms with Crippen LogP contribution in [0.3, 0.4) is 0 Å². The van der Waals surface area contributed by atoms with Gasteiger partial charge in [-0.05, 0) is 188 Å². The molecule has 0 aliphatic heterocycles. The third kappa shape index (κ3) is 21.2. The average molecular weight is 1610 g/mol. The minimum Gasteiger partial charge on any atom is -0.450 e. The van der Waals surface area contributed by atoms with Gasteiger partial charge in [0.25, 0.3) is 0 Å². The fourth-order valence-corrected chi connectivity index (χ4v) is 12.7. The van der Waals surface area contributed by atoms with Crippen LogP contribution in [-0.2, 0) is 44.5 Å². The summed E-state index contributed by atoms with van der Waals surface area (Å²) in [6.07, 6.45) is 24.1. The van der Waals surface area contributed by atoms with Crippen LogP contribution in [0.1, 0.15) is 69.7 Å². The van der Waals surface area contributed by atoms with Gasteiger partial charge in [0.1, 0.15) is 44.2 Å². The quantitative estimate of drug-likeness (QED) is 0.0321. The lowest BCUT2D eigenvalue weighted by Gasteiger charge is -2.18. The van der Waals surface area contributed by atoms with E-state index in [1.165, 1.54) is 41.3 Å². The molecule has 4 aromatic carbocycles. The first-order valence-electron chi connectivity index (χ1n) is 38.1. The fourth-order valence-electron chi connectivity index (χ4n) is 12.6. The standard InChI is InChI=1S/C21H18N6O.C20H16N6.C19H14N6.C16H11ClN4.C8H14BN2O3.C4H10.H2O/c28-11-10-27-9-7-19(25-27)18-5-6-20-21(24-18)26(14-23-20)13-15-3-4-17-16(12-15)2-1-8-22-17;1-25-10-8-18(24-25)17-6-7-19-20(23-17)26(13-22-19)12-14-4-5-16-15(11-14)3-2-9-21-16;1-2-14-10-13(3-4-15(14)20-8-1)11-25-12-21-18-6-5-16(23-19(18)25)17-7-9-22-24-17;17-15-6-5-14-16(20-15)21(10-19-14)9-11-3-4-13-12(8-11)2-1-7-18-13;1-8(2,3)14-7(12)11-5-6(4-10)9-13;1-3-4-2;/h1-9,12,14,28H,10-11,13H2;2-11,13H,12H2,1H3;1-10,12H,11H2,(H,22,24);1-8,10H,9H2;4-5,10,13H,1-3H3,(H,11,12);3-4H2,1-2H3;1H2/b;;;;6-5+,10-4?;;. The highest BCUT2D eigenvalue weighted by Crippen LogP contribution is 2.27. The number of aromatic amines is 1. The Bertz CT molecular complexity index is 6680. The summed E-state index contributed by atoms with van der Waals surface area (Å²) < 4.78 is 16.6. The molecule has 7 N–H and O–H groups in total. The lowest BCUT2D eigenvalue weighted by atomic mass is 9.90. The number of nitrogens with zero attached hydrogens (tertiary/aromatic N) is 21. The van der Waals surface area contributed by atoms with Gasteiger partial charge < -0.3 is 44.0 Å². The van der Waals surface area contributed by atoms with Crippen LogP contribution in [0.5, 0.6) is 0 Å². The zero-order valence-corrected chi connectivity index (χ0v) is 66.9. The molecular formula is C88H85BClN24O5. The van der Waals surface area contributed by atoms with E-state index >= 15 is 0 Å². The van der Waals surface area contributed by atoms with Gasteiger partial charge in [0, 0.05) is 84.4 Å². The molecule has 0 fully saturated rings. The maximum atomic E-state index is 11.0. The van der Waals surface area contributed by atoms with E-state index in [2.05, 4.69) is 172 Å². The predicted octanol–water partition coefficient (Wildman–Crippen LogP) is 15.0. The monoisotopic (exact) mass is 1600 g/mol. The molecule has 15 aromatic heterocycles. The number of halogens is 1. The molecule has 1 radical (unpaired) electrons. The Morgan fingerprint density at radius 1 is 0.496 bits per heavy atom. The summed E-state index contributed by atoms with van der Waals surface area (Å²) in [4.78, 5) is 64.9.